The molecule has 1 N–H and O–H groups in total. The molecule has 6 nitrogen and oxygen atoms in total. The van der Waals surface area contributed by atoms with E-state index >= 15 is 0 Å². The van der Waals surface area contributed by atoms with E-state index in [4.69, 9.17) is 4.52 Å². The topological polar surface area (TPSA) is 71.3 Å². The maximum Gasteiger partial charge on any atom is 0.251 e. The maximum atomic E-state index is 11.8. The number of halogens is 1. The van der Waals surface area contributed by atoms with E-state index in [0.717, 1.165) is 29.7 Å². The molecule has 0 atom stereocenters. The zero-order chi connectivity index (χ0) is 18.8. The van der Waals surface area contributed by atoms with Gasteiger partial charge in [0.1, 0.15) is 0 Å². The summed E-state index contributed by atoms with van der Waals surface area (Å²) in [6, 6.07) is 15.6. The number of rotatable bonds is 5. The number of likely N-dealkylation sites (tertiary alicyclic amines) is 1. The van der Waals surface area contributed by atoms with E-state index in [9.17, 15) is 4.79 Å². The molecule has 1 fully saturated rings. The van der Waals surface area contributed by atoms with Crippen LogP contribution in [0.3, 0.4) is 0 Å². The number of carbonyl (C=O) groups is 1. The molecule has 1 aliphatic rings. The quantitative estimate of drug-likeness (QED) is 0.676. The zero-order valence-electron chi connectivity index (χ0n) is 14.9. The van der Waals surface area contributed by atoms with Crippen molar-refractivity contribution in [1.29, 1.82) is 0 Å². The Morgan fingerprint density at radius 2 is 2.04 bits per heavy atom. The number of carbonyl (C=O) groups excluding carboxylic acids is 1. The fourth-order valence-corrected chi connectivity index (χ4v) is 3.43. The molecule has 0 aliphatic carbocycles. The van der Waals surface area contributed by atoms with Crippen molar-refractivity contribution >= 4 is 21.8 Å². The predicted octanol–water partition coefficient (Wildman–Crippen LogP) is 3.46. The van der Waals surface area contributed by atoms with Crippen molar-refractivity contribution in [2.75, 3.05) is 20.1 Å². The lowest BCUT2D eigenvalue weighted by Crippen LogP contribution is -2.44. The molecule has 0 radical (unpaired) electrons. The van der Waals surface area contributed by atoms with Gasteiger partial charge in [0.25, 0.3) is 5.91 Å². The molecule has 0 spiro atoms. The molecular formula is C20H19BrN4O2. The average molecular weight is 427 g/mol. The van der Waals surface area contributed by atoms with Gasteiger partial charge in [0.2, 0.25) is 11.7 Å². The second-order valence-corrected chi connectivity index (χ2v) is 7.55. The predicted molar refractivity (Wildman–Crippen MR) is 105 cm³/mol. The Hall–Kier alpha value is -2.51. The second kappa shape index (κ2) is 7.62. The normalized spacial score (nSPS) is 14.7. The largest absolute Gasteiger partial charge is 0.355 e. The highest BCUT2D eigenvalue weighted by atomic mass is 79.9. The van der Waals surface area contributed by atoms with Gasteiger partial charge in [-0.3, -0.25) is 9.69 Å². The molecule has 1 aromatic heterocycles. The van der Waals surface area contributed by atoms with Crippen LogP contribution in [0.1, 0.15) is 27.7 Å². The molecule has 4 rings (SSSR count). The van der Waals surface area contributed by atoms with Gasteiger partial charge in [0.15, 0.2) is 0 Å². The third-order valence-electron chi connectivity index (χ3n) is 4.68. The Labute approximate surface area is 165 Å². The van der Waals surface area contributed by atoms with Gasteiger partial charge in [-0.25, -0.2) is 0 Å². The van der Waals surface area contributed by atoms with Crippen molar-refractivity contribution in [2.24, 2.45) is 0 Å². The molecule has 0 unspecified atom stereocenters. The van der Waals surface area contributed by atoms with Crippen molar-refractivity contribution in [3.63, 3.8) is 0 Å². The lowest BCUT2D eigenvalue weighted by atomic mass is 9.99. The fourth-order valence-electron chi connectivity index (χ4n) is 3.17. The van der Waals surface area contributed by atoms with Crippen LogP contribution in [0.25, 0.3) is 11.4 Å². The molecular weight excluding hydrogens is 408 g/mol. The van der Waals surface area contributed by atoms with Crippen LogP contribution in [-0.2, 0) is 6.54 Å². The summed E-state index contributed by atoms with van der Waals surface area (Å²) in [5, 5.41) is 6.71. The third-order valence-corrected chi connectivity index (χ3v) is 5.21. The van der Waals surface area contributed by atoms with Gasteiger partial charge in [-0.1, -0.05) is 45.4 Å². The number of amides is 1. The summed E-state index contributed by atoms with van der Waals surface area (Å²) in [5.74, 6) is 1.29. The molecule has 1 aliphatic heterocycles. The summed E-state index contributed by atoms with van der Waals surface area (Å²) in [6.45, 7) is 2.71. The number of aromatic nitrogens is 2. The fraction of sp³-hybridized carbons (Fsp3) is 0.250. The zero-order valence-corrected chi connectivity index (χ0v) is 16.4. The highest BCUT2D eigenvalue weighted by molar-refractivity contribution is 9.10. The first kappa shape index (κ1) is 17.9. The number of hydrogen-bond acceptors (Lipinski definition) is 5. The van der Waals surface area contributed by atoms with Crippen LogP contribution in [0.4, 0.5) is 0 Å². The summed E-state index contributed by atoms with van der Waals surface area (Å²) >= 11 is 3.46. The molecule has 138 valence electrons. The van der Waals surface area contributed by atoms with Gasteiger partial charge >= 0.3 is 0 Å². The Bertz CT molecular complexity index is 949. The van der Waals surface area contributed by atoms with Crippen LogP contribution in [0.15, 0.2) is 57.5 Å². The molecule has 1 saturated heterocycles. The van der Waals surface area contributed by atoms with Crippen LogP contribution in [0.2, 0.25) is 0 Å². The first-order valence-corrected chi connectivity index (χ1v) is 9.54. The van der Waals surface area contributed by atoms with E-state index in [0.29, 0.717) is 17.3 Å². The molecule has 7 heteroatoms. The first-order valence-electron chi connectivity index (χ1n) is 8.75. The monoisotopic (exact) mass is 426 g/mol. The molecule has 27 heavy (non-hydrogen) atoms. The number of benzene rings is 2. The van der Waals surface area contributed by atoms with Crippen molar-refractivity contribution in [2.45, 2.75) is 12.5 Å². The van der Waals surface area contributed by atoms with E-state index in [1.807, 2.05) is 12.1 Å². The van der Waals surface area contributed by atoms with Crippen LogP contribution < -0.4 is 5.32 Å². The summed E-state index contributed by atoms with van der Waals surface area (Å²) in [4.78, 5) is 18.7. The summed E-state index contributed by atoms with van der Waals surface area (Å²) in [6.07, 6.45) is 0. The SMILES string of the molecule is CNC(=O)c1cccc(-c2noc(C3CN(Cc4ccc(Br)cc4)C3)n2)c1. The van der Waals surface area contributed by atoms with Crippen molar-refractivity contribution < 1.29 is 9.32 Å². The number of hydrogen-bond donors (Lipinski definition) is 1. The maximum absolute atomic E-state index is 11.8. The van der Waals surface area contributed by atoms with Gasteiger partial charge in [-0.05, 0) is 29.8 Å². The highest BCUT2D eigenvalue weighted by Gasteiger charge is 2.32. The third kappa shape index (κ3) is 3.94. The van der Waals surface area contributed by atoms with Gasteiger partial charge in [-0.2, -0.15) is 4.98 Å². The summed E-state index contributed by atoms with van der Waals surface area (Å²) in [7, 11) is 1.61. The van der Waals surface area contributed by atoms with Gasteiger partial charge in [0, 0.05) is 42.3 Å². The number of nitrogens with zero attached hydrogens (tertiary/aromatic N) is 3. The van der Waals surface area contributed by atoms with Crippen molar-refractivity contribution in [3.05, 3.63) is 70.0 Å². The average Bonchev–Trinajstić information content (AvgIpc) is 3.15. The van der Waals surface area contributed by atoms with Gasteiger partial charge < -0.3 is 9.84 Å². The second-order valence-electron chi connectivity index (χ2n) is 6.63. The minimum Gasteiger partial charge on any atom is -0.355 e. The van der Waals surface area contributed by atoms with E-state index in [1.165, 1.54) is 5.56 Å². The first-order chi connectivity index (χ1) is 13.1. The molecule has 0 bridgehead atoms. The lowest BCUT2D eigenvalue weighted by Gasteiger charge is -2.37. The standard InChI is InChI=1S/C20H19BrN4O2/c1-22-19(26)15-4-2-3-14(9-15)18-23-20(27-24-18)16-11-25(12-16)10-13-5-7-17(21)8-6-13/h2-9,16H,10-12H2,1H3,(H,22,26). The molecule has 3 aromatic rings. The van der Waals surface area contributed by atoms with Crippen LogP contribution in [-0.4, -0.2) is 41.1 Å². The van der Waals surface area contributed by atoms with Crippen LogP contribution in [0, 0.1) is 0 Å². The molecule has 0 saturated carbocycles. The summed E-state index contributed by atoms with van der Waals surface area (Å²) in [5.41, 5.74) is 2.64. The van der Waals surface area contributed by atoms with Crippen LogP contribution in [0.5, 0.6) is 0 Å². The van der Waals surface area contributed by atoms with Crippen molar-refractivity contribution in [1.82, 2.24) is 20.4 Å². The highest BCUT2D eigenvalue weighted by Crippen LogP contribution is 2.29. The summed E-state index contributed by atoms with van der Waals surface area (Å²) < 4.78 is 6.56. The van der Waals surface area contributed by atoms with Gasteiger partial charge in [0.05, 0.1) is 5.92 Å². The van der Waals surface area contributed by atoms with Crippen molar-refractivity contribution in [3.8, 4) is 11.4 Å². The molecule has 2 heterocycles. The lowest BCUT2D eigenvalue weighted by molar-refractivity contribution is 0.0963. The van der Waals surface area contributed by atoms with E-state index < -0.39 is 0 Å². The minimum absolute atomic E-state index is 0.136. The Morgan fingerprint density at radius 3 is 2.78 bits per heavy atom. The molecule has 2 aromatic carbocycles. The van der Waals surface area contributed by atoms with E-state index in [1.54, 1.807) is 19.2 Å². The minimum atomic E-state index is -0.136. The van der Waals surface area contributed by atoms with Crippen LogP contribution >= 0.6 is 15.9 Å². The van der Waals surface area contributed by atoms with E-state index in [-0.39, 0.29) is 11.8 Å². The molecule has 1 amide bonds. The van der Waals surface area contributed by atoms with Gasteiger partial charge in [-0.15, -0.1) is 0 Å². The smallest absolute Gasteiger partial charge is 0.251 e. The Kier molecular flexibility index (Phi) is 5.05. The Morgan fingerprint density at radius 1 is 1.26 bits per heavy atom. The number of nitrogens with one attached hydrogen (secondary N) is 1. The van der Waals surface area contributed by atoms with E-state index in [2.05, 4.69) is 60.6 Å². The Balaban J connectivity index is 1.39.